The summed E-state index contributed by atoms with van der Waals surface area (Å²) in [6.45, 7) is 6.34. The van der Waals surface area contributed by atoms with Crippen molar-refractivity contribution in [3.05, 3.63) is 36.0 Å². The number of hydrogen-bond acceptors (Lipinski definition) is 7. The molecule has 9 nitrogen and oxygen atoms in total. The molecule has 0 aliphatic rings. The first kappa shape index (κ1) is 21.9. The van der Waals surface area contributed by atoms with Gasteiger partial charge in [0.1, 0.15) is 5.82 Å². The van der Waals surface area contributed by atoms with Gasteiger partial charge in [-0.1, -0.05) is 0 Å². The van der Waals surface area contributed by atoms with E-state index in [-0.39, 0.29) is 17.6 Å². The van der Waals surface area contributed by atoms with Crippen LogP contribution >= 0.6 is 0 Å². The zero-order valence-corrected chi connectivity index (χ0v) is 17.1. The molecule has 0 spiro atoms. The molecule has 0 fully saturated rings. The molecule has 2 aromatic rings. The lowest BCUT2D eigenvalue weighted by Crippen LogP contribution is -2.32. The lowest BCUT2D eigenvalue weighted by Gasteiger charge is -2.16. The first-order valence-corrected chi connectivity index (χ1v) is 9.08. The number of nitrogens with zero attached hydrogens (tertiary/aromatic N) is 2. The van der Waals surface area contributed by atoms with E-state index in [9.17, 15) is 14.4 Å². The molecule has 2 rings (SSSR count). The Balaban J connectivity index is 1.91. The van der Waals surface area contributed by atoms with E-state index in [4.69, 9.17) is 14.2 Å². The van der Waals surface area contributed by atoms with Gasteiger partial charge in [0.05, 0.1) is 13.3 Å². The number of Topliss-reactive ketones (excluding diaryl/α,β-unsaturated/α-hetero) is 1. The molecule has 1 aromatic carbocycles. The molecule has 156 valence electrons. The van der Waals surface area contributed by atoms with Crippen molar-refractivity contribution in [2.45, 2.75) is 39.8 Å². The van der Waals surface area contributed by atoms with Crippen molar-refractivity contribution in [3.63, 3.8) is 0 Å². The first-order valence-electron chi connectivity index (χ1n) is 9.08. The zero-order chi connectivity index (χ0) is 21.6. The highest BCUT2D eigenvalue weighted by atomic mass is 16.6. The van der Waals surface area contributed by atoms with Crippen LogP contribution in [0.1, 0.15) is 44.1 Å². The number of ketones is 1. The molecule has 1 amide bonds. The average Bonchev–Trinajstić information content (AvgIpc) is 3.14. The predicted octanol–water partition coefficient (Wildman–Crippen LogP) is 2.62. The Morgan fingerprint density at radius 2 is 1.86 bits per heavy atom. The van der Waals surface area contributed by atoms with Gasteiger partial charge in [-0.3, -0.25) is 9.59 Å². The predicted molar refractivity (Wildman–Crippen MR) is 105 cm³/mol. The van der Waals surface area contributed by atoms with Crippen molar-refractivity contribution in [1.29, 1.82) is 0 Å². The molecule has 0 radical (unpaired) electrons. The Kier molecular flexibility index (Phi) is 7.35. The summed E-state index contributed by atoms with van der Waals surface area (Å²) in [5.74, 6) is -0.204. The number of methoxy groups -OCH3 is 1. The molecule has 0 saturated heterocycles. The van der Waals surface area contributed by atoms with Crippen molar-refractivity contribution in [3.8, 4) is 11.5 Å². The van der Waals surface area contributed by atoms with E-state index in [0.29, 0.717) is 17.1 Å². The Morgan fingerprint density at radius 3 is 2.48 bits per heavy atom. The van der Waals surface area contributed by atoms with E-state index in [0.717, 1.165) is 0 Å². The minimum Gasteiger partial charge on any atom is -0.493 e. The second-order valence-electron chi connectivity index (χ2n) is 6.59. The molecule has 0 aliphatic heterocycles. The fourth-order valence-electron chi connectivity index (χ4n) is 2.48. The minimum absolute atomic E-state index is 0.0657. The van der Waals surface area contributed by atoms with Crippen LogP contribution < -0.4 is 14.8 Å². The molecule has 0 saturated carbocycles. The number of amides is 1. The smallest absolute Gasteiger partial charge is 0.344 e. The topological polar surface area (TPSA) is 109 Å². The lowest BCUT2D eigenvalue weighted by molar-refractivity contribution is -0.155. The summed E-state index contributed by atoms with van der Waals surface area (Å²) < 4.78 is 17.3. The number of benzene rings is 1. The van der Waals surface area contributed by atoms with Crippen LogP contribution in [-0.2, 0) is 14.3 Å². The van der Waals surface area contributed by atoms with Crippen LogP contribution in [0, 0.1) is 0 Å². The van der Waals surface area contributed by atoms with E-state index in [1.54, 1.807) is 23.0 Å². The molecule has 0 aliphatic carbocycles. The Morgan fingerprint density at radius 1 is 1.14 bits per heavy atom. The molecule has 1 heterocycles. The fourth-order valence-corrected chi connectivity index (χ4v) is 2.48. The standard InChI is InChI=1S/C20H25N3O6/c1-12(2)23-18(8-9-21-23)22-20(26)14(4)29-19(25)11-28-16-7-6-15(13(3)24)10-17(16)27-5/h6-10,12,14H,11H2,1-5H3,(H,22,26)/t14-/m1/s1. The van der Waals surface area contributed by atoms with Crippen molar-refractivity contribution in [2.75, 3.05) is 19.0 Å². The maximum atomic E-state index is 12.3. The van der Waals surface area contributed by atoms with Gasteiger partial charge >= 0.3 is 5.97 Å². The summed E-state index contributed by atoms with van der Waals surface area (Å²) in [4.78, 5) is 35.8. The third kappa shape index (κ3) is 5.81. The van der Waals surface area contributed by atoms with Gasteiger partial charge in [-0.25, -0.2) is 9.48 Å². The summed E-state index contributed by atoms with van der Waals surface area (Å²) in [6, 6.07) is 6.35. The summed E-state index contributed by atoms with van der Waals surface area (Å²) in [5, 5.41) is 6.80. The van der Waals surface area contributed by atoms with Gasteiger partial charge in [0.15, 0.2) is 30.0 Å². The van der Waals surface area contributed by atoms with Crippen LogP contribution in [0.5, 0.6) is 11.5 Å². The SMILES string of the molecule is COc1cc(C(C)=O)ccc1OCC(=O)O[C@H](C)C(=O)Nc1ccnn1C(C)C. The third-order valence-corrected chi connectivity index (χ3v) is 4.00. The van der Waals surface area contributed by atoms with E-state index < -0.39 is 24.6 Å². The van der Waals surface area contributed by atoms with Crippen LogP contribution in [0.15, 0.2) is 30.5 Å². The van der Waals surface area contributed by atoms with Gasteiger partial charge in [0.25, 0.3) is 5.91 Å². The molecular formula is C20H25N3O6. The lowest BCUT2D eigenvalue weighted by atomic mass is 10.1. The first-order chi connectivity index (χ1) is 13.7. The van der Waals surface area contributed by atoms with Crippen LogP contribution in [-0.4, -0.2) is 47.3 Å². The fraction of sp³-hybridized carbons (Fsp3) is 0.400. The number of aromatic nitrogens is 2. The number of anilines is 1. The van der Waals surface area contributed by atoms with E-state index in [2.05, 4.69) is 10.4 Å². The summed E-state index contributed by atoms with van der Waals surface area (Å²) >= 11 is 0. The Hall–Kier alpha value is -3.36. The second-order valence-corrected chi connectivity index (χ2v) is 6.59. The molecule has 0 unspecified atom stereocenters. The monoisotopic (exact) mass is 403 g/mol. The molecule has 1 atom stereocenters. The van der Waals surface area contributed by atoms with Crippen molar-refractivity contribution in [1.82, 2.24) is 9.78 Å². The number of carbonyl (C=O) groups is 3. The van der Waals surface area contributed by atoms with E-state index in [1.807, 2.05) is 13.8 Å². The van der Waals surface area contributed by atoms with Gasteiger partial charge in [0.2, 0.25) is 0 Å². The summed E-state index contributed by atoms with van der Waals surface area (Å²) in [6.07, 6.45) is 0.550. The second kappa shape index (κ2) is 9.72. The summed E-state index contributed by atoms with van der Waals surface area (Å²) in [7, 11) is 1.43. The quantitative estimate of drug-likeness (QED) is 0.506. The van der Waals surface area contributed by atoms with E-state index >= 15 is 0 Å². The normalized spacial score (nSPS) is 11.7. The van der Waals surface area contributed by atoms with E-state index in [1.165, 1.54) is 33.1 Å². The maximum Gasteiger partial charge on any atom is 0.344 e. The minimum atomic E-state index is -1.02. The highest BCUT2D eigenvalue weighted by molar-refractivity contribution is 5.95. The highest BCUT2D eigenvalue weighted by Crippen LogP contribution is 2.28. The third-order valence-electron chi connectivity index (χ3n) is 4.00. The molecule has 9 heteroatoms. The number of nitrogens with one attached hydrogen (secondary N) is 1. The average molecular weight is 403 g/mol. The molecular weight excluding hydrogens is 378 g/mol. The van der Waals surface area contributed by atoms with Crippen molar-refractivity contribution < 1.29 is 28.6 Å². The number of esters is 1. The maximum absolute atomic E-state index is 12.3. The van der Waals surface area contributed by atoms with Crippen molar-refractivity contribution in [2.24, 2.45) is 0 Å². The Bertz CT molecular complexity index is 890. The highest BCUT2D eigenvalue weighted by Gasteiger charge is 2.20. The van der Waals surface area contributed by atoms with Gasteiger partial charge in [-0.2, -0.15) is 5.10 Å². The summed E-state index contributed by atoms with van der Waals surface area (Å²) in [5.41, 5.74) is 0.461. The van der Waals surface area contributed by atoms with Gasteiger partial charge in [-0.05, 0) is 45.9 Å². The molecule has 1 aromatic heterocycles. The van der Waals surface area contributed by atoms with Gasteiger partial charge in [-0.15, -0.1) is 0 Å². The number of ether oxygens (including phenoxy) is 3. The van der Waals surface area contributed by atoms with Crippen LogP contribution in [0.25, 0.3) is 0 Å². The molecule has 29 heavy (non-hydrogen) atoms. The van der Waals surface area contributed by atoms with Crippen LogP contribution in [0.2, 0.25) is 0 Å². The largest absolute Gasteiger partial charge is 0.493 e. The number of rotatable bonds is 9. The van der Waals surface area contributed by atoms with Gasteiger partial charge < -0.3 is 19.5 Å². The van der Waals surface area contributed by atoms with Gasteiger partial charge in [0, 0.05) is 17.7 Å². The van der Waals surface area contributed by atoms with Crippen molar-refractivity contribution >= 4 is 23.5 Å². The number of carbonyl (C=O) groups excluding carboxylic acids is 3. The van der Waals surface area contributed by atoms with Crippen LogP contribution in [0.3, 0.4) is 0 Å². The zero-order valence-electron chi connectivity index (χ0n) is 17.1. The Labute approximate surface area is 168 Å². The molecule has 0 bridgehead atoms. The number of hydrogen-bond donors (Lipinski definition) is 1. The van der Waals surface area contributed by atoms with Crippen LogP contribution in [0.4, 0.5) is 5.82 Å². The molecule has 1 N–H and O–H groups in total.